The zero-order valence-electron chi connectivity index (χ0n) is 13.1. The fourth-order valence-corrected chi connectivity index (χ4v) is 3.53. The van der Waals surface area contributed by atoms with Gasteiger partial charge in [0, 0.05) is 25.2 Å². The normalized spacial score (nSPS) is 27.2. The van der Waals surface area contributed by atoms with Crippen molar-refractivity contribution in [2.24, 2.45) is 17.6 Å². The Kier molecular flexibility index (Phi) is 4.97. The van der Waals surface area contributed by atoms with Gasteiger partial charge in [0.1, 0.15) is 11.9 Å². The number of carbonyl (C=O) groups excluding carboxylic acids is 1. The van der Waals surface area contributed by atoms with Crippen LogP contribution >= 0.6 is 12.4 Å². The molecule has 1 aliphatic carbocycles. The van der Waals surface area contributed by atoms with Crippen LogP contribution in [0.3, 0.4) is 0 Å². The lowest BCUT2D eigenvalue weighted by molar-refractivity contribution is -0.135. The topological polar surface area (TPSA) is 68.5 Å². The molecule has 5 nitrogen and oxygen atoms in total. The standard InChI is InChI=1S/C16H23N3O2.ClH/c1-16(2,17)15(20)19-9-11-5-6-14(13(11)10-19)21-12-4-3-7-18-8-12;/h3-4,7-8,11,13-14H,5-6,9-10,17H2,1-2H3;1H/t11-,13+,14-;/m1./s1. The zero-order chi connectivity index (χ0) is 15.0. The molecule has 0 radical (unpaired) electrons. The molecule has 1 aromatic heterocycles. The Bertz CT molecular complexity index is 518. The molecule has 2 heterocycles. The third-order valence-electron chi connectivity index (χ3n) is 4.55. The fourth-order valence-electron chi connectivity index (χ4n) is 3.53. The van der Waals surface area contributed by atoms with Crippen LogP contribution in [0.5, 0.6) is 5.75 Å². The van der Waals surface area contributed by atoms with Gasteiger partial charge in [0.15, 0.2) is 0 Å². The molecule has 3 atom stereocenters. The first-order valence-corrected chi connectivity index (χ1v) is 7.60. The number of hydrogen-bond donors (Lipinski definition) is 1. The van der Waals surface area contributed by atoms with E-state index in [2.05, 4.69) is 4.98 Å². The number of aromatic nitrogens is 1. The van der Waals surface area contributed by atoms with Crippen molar-refractivity contribution in [3.8, 4) is 5.75 Å². The van der Waals surface area contributed by atoms with Crippen molar-refractivity contribution in [2.75, 3.05) is 13.1 Å². The molecule has 1 saturated heterocycles. The molecular formula is C16H24ClN3O2. The molecule has 0 aromatic carbocycles. The molecule has 1 amide bonds. The van der Waals surface area contributed by atoms with Gasteiger partial charge < -0.3 is 15.4 Å². The van der Waals surface area contributed by atoms with Gasteiger partial charge in [0.2, 0.25) is 5.91 Å². The molecule has 1 saturated carbocycles. The molecule has 122 valence electrons. The SMILES string of the molecule is CC(C)(N)C(=O)N1C[C@H]2CC[C@@H](Oc3cccnc3)[C@H]2C1.Cl. The summed E-state index contributed by atoms with van der Waals surface area (Å²) >= 11 is 0. The highest BCUT2D eigenvalue weighted by Crippen LogP contribution is 2.40. The van der Waals surface area contributed by atoms with Crippen LogP contribution in [0.1, 0.15) is 26.7 Å². The monoisotopic (exact) mass is 325 g/mol. The highest BCUT2D eigenvalue weighted by Gasteiger charge is 2.46. The molecule has 1 aliphatic heterocycles. The third-order valence-corrected chi connectivity index (χ3v) is 4.55. The van der Waals surface area contributed by atoms with E-state index in [0.717, 1.165) is 31.7 Å². The summed E-state index contributed by atoms with van der Waals surface area (Å²) in [7, 11) is 0. The molecule has 1 aromatic rings. The number of rotatable bonds is 3. The Morgan fingerprint density at radius 1 is 1.41 bits per heavy atom. The number of likely N-dealkylation sites (tertiary alicyclic amines) is 1. The van der Waals surface area contributed by atoms with Crippen molar-refractivity contribution >= 4 is 18.3 Å². The maximum absolute atomic E-state index is 12.3. The minimum absolute atomic E-state index is 0. The highest BCUT2D eigenvalue weighted by molar-refractivity contribution is 5.85. The molecule has 3 rings (SSSR count). The number of carbonyl (C=O) groups is 1. The van der Waals surface area contributed by atoms with Crippen LogP contribution in [0.2, 0.25) is 0 Å². The summed E-state index contributed by atoms with van der Waals surface area (Å²) in [6.45, 7) is 5.12. The Morgan fingerprint density at radius 2 is 2.18 bits per heavy atom. The Labute approximate surface area is 137 Å². The number of halogens is 1. The quantitative estimate of drug-likeness (QED) is 0.921. The second-order valence-electron chi connectivity index (χ2n) is 6.78. The van der Waals surface area contributed by atoms with Gasteiger partial charge in [-0.15, -0.1) is 12.4 Å². The van der Waals surface area contributed by atoms with E-state index in [1.54, 1.807) is 26.2 Å². The van der Waals surface area contributed by atoms with Crippen LogP contribution in [0.15, 0.2) is 24.5 Å². The summed E-state index contributed by atoms with van der Waals surface area (Å²) in [5.74, 6) is 1.80. The van der Waals surface area contributed by atoms with Crippen molar-refractivity contribution in [3.63, 3.8) is 0 Å². The van der Waals surface area contributed by atoms with Gasteiger partial charge >= 0.3 is 0 Å². The minimum Gasteiger partial charge on any atom is -0.488 e. The summed E-state index contributed by atoms with van der Waals surface area (Å²) in [6.07, 6.45) is 5.83. The molecule has 22 heavy (non-hydrogen) atoms. The summed E-state index contributed by atoms with van der Waals surface area (Å²) in [4.78, 5) is 18.3. The predicted octanol–water partition coefficient (Wildman–Crippen LogP) is 1.86. The first kappa shape index (κ1) is 17.0. The van der Waals surface area contributed by atoms with Crippen LogP contribution in [-0.2, 0) is 4.79 Å². The van der Waals surface area contributed by atoms with E-state index in [4.69, 9.17) is 10.5 Å². The molecule has 2 aliphatic rings. The largest absolute Gasteiger partial charge is 0.488 e. The van der Waals surface area contributed by atoms with Crippen molar-refractivity contribution in [1.29, 1.82) is 0 Å². The van der Waals surface area contributed by atoms with Crippen molar-refractivity contribution in [3.05, 3.63) is 24.5 Å². The maximum atomic E-state index is 12.3. The van der Waals surface area contributed by atoms with Gasteiger partial charge in [0.25, 0.3) is 0 Å². The fraction of sp³-hybridized carbons (Fsp3) is 0.625. The lowest BCUT2D eigenvalue weighted by Gasteiger charge is -2.27. The number of pyridine rings is 1. The number of fused-ring (bicyclic) bond motifs is 1. The summed E-state index contributed by atoms with van der Waals surface area (Å²) in [5, 5.41) is 0. The second-order valence-corrected chi connectivity index (χ2v) is 6.78. The van der Waals surface area contributed by atoms with Gasteiger partial charge in [0.05, 0.1) is 11.7 Å². The number of nitrogens with zero attached hydrogens (tertiary/aromatic N) is 2. The Morgan fingerprint density at radius 3 is 2.82 bits per heavy atom. The number of ether oxygens (including phenoxy) is 1. The Hall–Kier alpha value is -1.33. The maximum Gasteiger partial charge on any atom is 0.242 e. The number of nitrogens with two attached hydrogens (primary N) is 1. The van der Waals surface area contributed by atoms with Gasteiger partial charge in [-0.25, -0.2) is 0 Å². The first-order chi connectivity index (χ1) is 9.95. The van der Waals surface area contributed by atoms with E-state index in [1.807, 2.05) is 17.0 Å². The summed E-state index contributed by atoms with van der Waals surface area (Å²) in [6, 6.07) is 3.81. The van der Waals surface area contributed by atoms with Gasteiger partial charge in [-0.2, -0.15) is 0 Å². The zero-order valence-corrected chi connectivity index (χ0v) is 13.9. The Balaban J connectivity index is 0.00000176. The van der Waals surface area contributed by atoms with Gasteiger partial charge in [-0.3, -0.25) is 9.78 Å². The van der Waals surface area contributed by atoms with Crippen LogP contribution in [0, 0.1) is 11.8 Å². The third kappa shape index (κ3) is 3.36. The molecule has 0 bridgehead atoms. The van der Waals surface area contributed by atoms with Crippen molar-refractivity contribution in [1.82, 2.24) is 9.88 Å². The smallest absolute Gasteiger partial charge is 0.242 e. The van der Waals surface area contributed by atoms with Crippen molar-refractivity contribution < 1.29 is 9.53 Å². The van der Waals surface area contributed by atoms with Crippen LogP contribution in [0.25, 0.3) is 0 Å². The number of hydrogen-bond acceptors (Lipinski definition) is 4. The van der Waals surface area contributed by atoms with Crippen LogP contribution < -0.4 is 10.5 Å². The van der Waals surface area contributed by atoms with E-state index in [-0.39, 0.29) is 24.4 Å². The molecule has 0 spiro atoms. The van der Waals surface area contributed by atoms with Crippen LogP contribution in [0.4, 0.5) is 0 Å². The average molecular weight is 326 g/mol. The average Bonchev–Trinajstić information content (AvgIpc) is 3.00. The predicted molar refractivity (Wildman–Crippen MR) is 87.0 cm³/mol. The van der Waals surface area contributed by atoms with E-state index < -0.39 is 5.54 Å². The summed E-state index contributed by atoms with van der Waals surface area (Å²) in [5.41, 5.74) is 5.14. The lowest BCUT2D eigenvalue weighted by Crippen LogP contribution is -2.50. The van der Waals surface area contributed by atoms with E-state index in [1.165, 1.54) is 0 Å². The van der Waals surface area contributed by atoms with Crippen LogP contribution in [-0.4, -0.2) is 40.5 Å². The minimum atomic E-state index is -0.793. The van der Waals surface area contributed by atoms with Crippen molar-refractivity contribution in [2.45, 2.75) is 38.3 Å². The highest BCUT2D eigenvalue weighted by atomic mass is 35.5. The summed E-state index contributed by atoms with van der Waals surface area (Å²) < 4.78 is 6.07. The first-order valence-electron chi connectivity index (χ1n) is 7.60. The molecule has 6 heteroatoms. The van der Waals surface area contributed by atoms with E-state index in [0.29, 0.717) is 11.8 Å². The van der Waals surface area contributed by atoms with E-state index in [9.17, 15) is 4.79 Å². The van der Waals surface area contributed by atoms with E-state index >= 15 is 0 Å². The number of amides is 1. The van der Waals surface area contributed by atoms with Gasteiger partial charge in [-0.1, -0.05) is 0 Å². The molecule has 0 unspecified atom stereocenters. The molecular weight excluding hydrogens is 302 g/mol. The molecule has 2 N–H and O–H groups in total. The molecule has 2 fully saturated rings. The lowest BCUT2D eigenvalue weighted by atomic mass is 9.99. The second kappa shape index (κ2) is 6.42. The van der Waals surface area contributed by atoms with Gasteiger partial charge in [-0.05, 0) is 44.7 Å².